The summed E-state index contributed by atoms with van der Waals surface area (Å²) in [5, 5.41) is 9.41. The lowest BCUT2D eigenvalue weighted by Gasteiger charge is -2.08. The number of ether oxygens (including phenoxy) is 1. The highest BCUT2D eigenvalue weighted by Gasteiger charge is 2.21. The molecule has 0 aromatic heterocycles. The number of carbonyl (C=O) groups is 3. The van der Waals surface area contributed by atoms with Gasteiger partial charge in [0.25, 0.3) is 5.69 Å². The van der Waals surface area contributed by atoms with E-state index in [1.807, 2.05) is 0 Å². The Bertz CT molecular complexity index is 602. The van der Waals surface area contributed by atoms with Crippen molar-refractivity contribution in [3.8, 4) is 0 Å². The Morgan fingerprint density at radius 3 is 2.35 bits per heavy atom. The maximum atomic E-state index is 11.7. The van der Waals surface area contributed by atoms with Gasteiger partial charge in [0.15, 0.2) is 0 Å². The van der Waals surface area contributed by atoms with Crippen LogP contribution < -0.4 is 5.73 Å². The molecule has 1 atom stereocenters. The van der Waals surface area contributed by atoms with E-state index in [-0.39, 0.29) is 37.3 Å². The molecule has 23 heavy (non-hydrogen) atoms. The number of hydrogen-bond donors (Lipinski definition) is 1. The monoisotopic (exact) mass is 342 g/mol. The van der Waals surface area contributed by atoms with Crippen LogP contribution in [0.3, 0.4) is 0 Å². The minimum absolute atomic E-state index is 0.0490. The van der Waals surface area contributed by atoms with E-state index in [4.69, 9.17) is 17.3 Å². The first kappa shape index (κ1) is 18.7. The van der Waals surface area contributed by atoms with E-state index < -0.39 is 22.2 Å². The first-order valence-corrected chi connectivity index (χ1v) is 7.10. The third kappa shape index (κ3) is 6.54. The average molecular weight is 343 g/mol. The van der Waals surface area contributed by atoms with Crippen LogP contribution in [0.1, 0.15) is 18.4 Å². The number of nitrogens with two attached hydrogens (primary N) is 1. The van der Waals surface area contributed by atoms with Gasteiger partial charge in [-0.05, 0) is 12.0 Å². The summed E-state index contributed by atoms with van der Waals surface area (Å²) in [6, 6.07) is 5.49. The van der Waals surface area contributed by atoms with E-state index in [0.29, 0.717) is 5.56 Å². The maximum Gasteiger partial charge on any atom is 0.332 e. The topological polar surface area (TPSA) is 130 Å². The van der Waals surface area contributed by atoms with E-state index in [9.17, 15) is 24.5 Å². The molecule has 0 amide bonds. The van der Waals surface area contributed by atoms with Gasteiger partial charge in [-0.25, -0.2) is 4.79 Å². The number of ketones is 1. The molecule has 0 aliphatic heterocycles. The second-order valence-electron chi connectivity index (χ2n) is 4.63. The van der Waals surface area contributed by atoms with E-state index in [0.717, 1.165) is 0 Å². The fraction of sp³-hybridized carbons (Fsp3) is 0.357. The Labute approximate surface area is 136 Å². The summed E-state index contributed by atoms with van der Waals surface area (Å²) in [6.45, 7) is -0.181. The number of halogens is 1. The Hall–Kier alpha value is -2.32. The summed E-state index contributed by atoms with van der Waals surface area (Å²) in [6.07, 6.45) is -0.297. The maximum absolute atomic E-state index is 11.7. The lowest BCUT2D eigenvalue weighted by atomic mass is 10.1. The number of benzene rings is 1. The zero-order valence-electron chi connectivity index (χ0n) is 12.1. The van der Waals surface area contributed by atoms with Gasteiger partial charge in [-0.15, -0.1) is 11.6 Å². The molecule has 0 radical (unpaired) electrons. The van der Waals surface area contributed by atoms with Crippen molar-refractivity contribution in [1.29, 1.82) is 0 Å². The van der Waals surface area contributed by atoms with Gasteiger partial charge in [0, 0.05) is 18.6 Å². The molecular formula is C14H15ClN2O6. The minimum Gasteiger partial charge on any atom is -0.392 e. The molecule has 0 heterocycles. The predicted molar refractivity (Wildman–Crippen MR) is 80.8 cm³/mol. The molecule has 0 fully saturated rings. The van der Waals surface area contributed by atoms with Gasteiger partial charge in [-0.1, -0.05) is 12.1 Å². The number of nitro groups is 1. The fourth-order valence-corrected chi connectivity index (χ4v) is 1.84. The Morgan fingerprint density at radius 2 is 1.83 bits per heavy atom. The molecule has 1 aromatic rings. The number of rotatable bonds is 8. The van der Waals surface area contributed by atoms with Gasteiger partial charge in [-0.2, -0.15) is 0 Å². The van der Waals surface area contributed by atoms with Gasteiger partial charge in [0.1, 0.15) is 11.2 Å². The van der Waals surface area contributed by atoms with E-state index in [1.165, 1.54) is 24.3 Å². The molecular weight excluding hydrogens is 328 g/mol. The number of Topliss-reactive ketones (excluding diaryl/α,β-unsaturated/α-hetero) is 1. The molecule has 124 valence electrons. The summed E-state index contributed by atoms with van der Waals surface area (Å²) in [7, 11) is 0. The van der Waals surface area contributed by atoms with Crippen LogP contribution in [0.15, 0.2) is 24.3 Å². The van der Waals surface area contributed by atoms with Crippen molar-refractivity contribution < 1.29 is 24.0 Å². The van der Waals surface area contributed by atoms with Crippen LogP contribution in [0.25, 0.3) is 0 Å². The van der Waals surface area contributed by atoms with Crippen LogP contribution in [-0.4, -0.2) is 34.6 Å². The molecule has 1 unspecified atom stereocenters. The molecule has 2 N–H and O–H groups in total. The third-order valence-electron chi connectivity index (χ3n) is 2.87. The molecule has 9 heteroatoms. The lowest BCUT2D eigenvalue weighted by molar-refractivity contribution is -0.384. The van der Waals surface area contributed by atoms with Gasteiger partial charge >= 0.3 is 11.9 Å². The molecule has 1 aromatic carbocycles. The van der Waals surface area contributed by atoms with Crippen molar-refractivity contribution in [2.75, 3.05) is 6.54 Å². The molecule has 0 aliphatic rings. The van der Waals surface area contributed by atoms with E-state index in [2.05, 4.69) is 4.74 Å². The summed E-state index contributed by atoms with van der Waals surface area (Å²) in [5.74, 6) is -2.11. The van der Waals surface area contributed by atoms with Crippen LogP contribution >= 0.6 is 11.6 Å². The lowest BCUT2D eigenvalue weighted by Crippen LogP contribution is -2.24. The second kappa shape index (κ2) is 8.96. The number of carbonyl (C=O) groups excluding carboxylic acids is 3. The molecule has 1 rings (SSSR count). The fourth-order valence-electron chi connectivity index (χ4n) is 1.61. The molecule has 0 bridgehead atoms. The first-order chi connectivity index (χ1) is 10.8. The van der Waals surface area contributed by atoms with Crippen molar-refractivity contribution >= 4 is 35.0 Å². The molecule has 8 nitrogen and oxygen atoms in total. The quantitative estimate of drug-likeness (QED) is 0.246. The van der Waals surface area contributed by atoms with Crippen molar-refractivity contribution in [3.05, 3.63) is 39.9 Å². The zero-order chi connectivity index (χ0) is 17.4. The van der Waals surface area contributed by atoms with E-state index in [1.54, 1.807) is 0 Å². The number of hydrogen-bond acceptors (Lipinski definition) is 7. The summed E-state index contributed by atoms with van der Waals surface area (Å²) >= 11 is 5.85. The Balaban J connectivity index is 2.48. The minimum atomic E-state index is -1.12. The number of nitro benzene ring substituents is 1. The summed E-state index contributed by atoms with van der Waals surface area (Å²) < 4.78 is 4.53. The Kier molecular flexibility index (Phi) is 7.30. The highest BCUT2D eigenvalue weighted by molar-refractivity contribution is 6.30. The molecule has 0 aliphatic carbocycles. The van der Waals surface area contributed by atoms with E-state index >= 15 is 0 Å². The normalized spacial score (nSPS) is 11.6. The van der Waals surface area contributed by atoms with Gasteiger partial charge in [0.2, 0.25) is 0 Å². The zero-order valence-corrected chi connectivity index (χ0v) is 12.8. The molecule has 0 saturated heterocycles. The SMILES string of the molecule is NCC(=O)CCC(=O)OC(=O)C(Cl)Cc1ccc([N+](=O)[O-])cc1. The van der Waals surface area contributed by atoms with Crippen molar-refractivity contribution in [2.45, 2.75) is 24.6 Å². The summed E-state index contributed by atoms with van der Waals surface area (Å²) in [4.78, 5) is 44.0. The van der Waals surface area contributed by atoms with Crippen LogP contribution in [-0.2, 0) is 25.5 Å². The number of alkyl halides is 1. The third-order valence-corrected chi connectivity index (χ3v) is 3.20. The van der Waals surface area contributed by atoms with Gasteiger partial charge in [0.05, 0.1) is 17.9 Å². The average Bonchev–Trinajstić information content (AvgIpc) is 2.52. The second-order valence-corrected chi connectivity index (χ2v) is 5.16. The first-order valence-electron chi connectivity index (χ1n) is 6.67. The highest BCUT2D eigenvalue weighted by atomic mass is 35.5. The molecule has 0 saturated carbocycles. The van der Waals surface area contributed by atoms with Gasteiger partial charge < -0.3 is 10.5 Å². The standard InChI is InChI=1S/C14H15ClN2O6/c15-12(7-9-1-3-10(4-2-9)17(21)22)14(20)23-13(19)6-5-11(18)8-16/h1-4,12H,5-8,16H2. The van der Waals surface area contributed by atoms with Crippen LogP contribution in [0, 0.1) is 10.1 Å². The number of esters is 2. The highest BCUT2D eigenvalue weighted by Crippen LogP contribution is 2.15. The van der Waals surface area contributed by atoms with Crippen molar-refractivity contribution in [1.82, 2.24) is 0 Å². The van der Waals surface area contributed by atoms with Crippen LogP contribution in [0.2, 0.25) is 0 Å². The van der Waals surface area contributed by atoms with Crippen molar-refractivity contribution in [3.63, 3.8) is 0 Å². The van der Waals surface area contributed by atoms with Crippen molar-refractivity contribution in [2.24, 2.45) is 5.73 Å². The summed E-state index contributed by atoms with van der Waals surface area (Å²) in [5.41, 5.74) is 5.59. The smallest absolute Gasteiger partial charge is 0.332 e. The predicted octanol–water partition coefficient (Wildman–Crippen LogP) is 1.12. The largest absolute Gasteiger partial charge is 0.392 e. The Morgan fingerprint density at radius 1 is 1.22 bits per heavy atom. The van der Waals surface area contributed by atoms with Gasteiger partial charge in [-0.3, -0.25) is 19.7 Å². The number of non-ortho nitro benzene ring substituents is 1. The van der Waals surface area contributed by atoms with Crippen LogP contribution in [0.4, 0.5) is 5.69 Å². The number of nitrogens with zero attached hydrogens (tertiary/aromatic N) is 1. The molecule has 0 spiro atoms. The van der Waals surface area contributed by atoms with Crippen LogP contribution in [0.5, 0.6) is 0 Å².